The Labute approximate surface area is 76.8 Å². The summed E-state index contributed by atoms with van der Waals surface area (Å²) in [6, 6.07) is 5.87. The van der Waals surface area contributed by atoms with Crippen molar-refractivity contribution in [2.45, 2.75) is 20.0 Å². The lowest BCUT2D eigenvalue weighted by atomic mass is 10.3. The van der Waals surface area contributed by atoms with Gasteiger partial charge >= 0.3 is 0 Å². The lowest BCUT2D eigenvalue weighted by molar-refractivity contribution is 0.233. The first-order valence-corrected chi connectivity index (χ1v) is 4.36. The monoisotopic (exact) mass is 176 g/mol. The van der Waals surface area contributed by atoms with Gasteiger partial charge in [-0.2, -0.15) is 4.98 Å². The van der Waals surface area contributed by atoms with Crippen molar-refractivity contribution in [2.75, 3.05) is 0 Å². The van der Waals surface area contributed by atoms with Gasteiger partial charge in [0.2, 0.25) is 5.88 Å². The zero-order chi connectivity index (χ0) is 9.26. The molecule has 0 aliphatic rings. The molecule has 13 heavy (non-hydrogen) atoms. The van der Waals surface area contributed by atoms with E-state index in [4.69, 9.17) is 4.74 Å². The van der Waals surface area contributed by atoms with Gasteiger partial charge in [-0.15, -0.1) is 0 Å². The van der Waals surface area contributed by atoms with Gasteiger partial charge in [0, 0.05) is 17.6 Å². The van der Waals surface area contributed by atoms with Gasteiger partial charge in [-0.25, -0.2) is 0 Å². The van der Waals surface area contributed by atoms with Crippen LogP contribution >= 0.6 is 0 Å². The Morgan fingerprint density at radius 3 is 2.92 bits per heavy atom. The smallest absolute Gasteiger partial charge is 0.215 e. The molecule has 0 radical (unpaired) electrons. The van der Waals surface area contributed by atoms with Crippen molar-refractivity contribution in [3.63, 3.8) is 0 Å². The van der Waals surface area contributed by atoms with E-state index in [0.717, 1.165) is 11.0 Å². The number of H-pyrrole nitrogens is 1. The molecule has 0 aliphatic carbocycles. The molecule has 0 atom stereocenters. The summed E-state index contributed by atoms with van der Waals surface area (Å²) in [5.41, 5.74) is 0.873. The van der Waals surface area contributed by atoms with E-state index in [2.05, 4.69) is 9.97 Å². The molecule has 0 unspecified atom stereocenters. The Bertz CT molecular complexity index is 406. The molecule has 2 aromatic rings. The summed E-state index contributed by atoms with van der Waals surface area (Å²) in [5, 5.41) is 1.11. The van der Waals surface area contributed by atoms with Crippen molar-refractivity contribution in [1.82, 2.24) is 9.97 Å². The van der Waals surface area contributed by atoms with Gasteiger partial charge in [0.05, 0.1) is 6.10 Å². The average molecular weight is 176 g/mol. The third kappa shape index (κ3) is 1.64. The number of pyridine rings is 1. The molecule has 2 heterocycles. The predicted molar refractivity (Wildman–Crippen MR) is 51.9 cm³/mol. The fraction of sp³-hybridized carbons (Fsp3) is 0.300. The van der Waals surface area contributed by atoms with E-state index in [0.29, 0.717) is 5.88 Å². The molecule has 0 spiro atoms. The van der Waals surface area contributed by atoms with Crippen molar-refractivity contribution in [3.05, 3.63) is 24.4 Å². The SMILES string of the molecule is CC(C)Oc1ccc2cc[nH]c2n1. The lowest BCUT2D eigenvalue weighted by Gasteiger charge is -2.07. The van der Waals surface area contributed by atoms with Crippen LogP contribution in [0.3, 0.4) is 0 Å². The minimum absolute atomic E-state index is 0.167. The van der Waals surface area contributed by atoms with Crippen LogP contribution in [0.15, 0.2) is 24.4 Å². The largest absolute Gasteiger partial charge is 0.475 e. The molecular weight excluding hydrogens is 164 g/mol. The maximum absolute atomic E-state index is 5.46. The summed E-state index contributed by atoms with van der Waals surface area (Å²) in [5.74, 6) is 0.671. The van der Waals surface area contributed by atoms with Crippen LogP contribution in [-0.4, -0.2) is 16.1 Å². The molecule has 0 saturated heterocycles. The molecule has 3 nitrogen and oxygen atoms in total. The Kier molecular flexibility index (Phi) is 1.93. The van der Waals surface area contributed by atoms with Gasteiger partial charge in [0.15, 0.2) is 0 Å². The first-order valence-electron chi connectivity index (χ1n) is 4.36. The zero-order valence-electron chi connectivity index (χ0n) is 7.74. The topological polar surface area (TPSA) is 37.9 Å². The third-order valence-corrected chi connectivity index (χ3v) is 1.74. The van der Waals surface area contributed by atoms with Gasteiger partial charge in [-0.05, 0) is 26.0 Å². The van der Waals surface area contributed by atoms with Crippen molar-refractivity contribution in [1.29, 1.82) is 0 Å². The highest BCUT2D eigenvalue weighted by Crippen LogP contribution is 2.15. The normalized spacial score (nSPS) is 11.0. The minimum atomic E-state index is 0.167. The number of nitrogens with zero attached hydrogens (tertiary/aromatic N) is 1. The average Bonchev–Trinajstić information content (AvgIpc) is 2.49. The van der Waals surface area contributed by atoms with Crippen molar-refractivity contribution in [3.8, 4) is 5.88 Å². The van der Waals surface area contributed by atoms with Gasteiger partial charge in [-0.3, -0.25) is 0 Å². The molecule has 0 fully saturated rings. The molecule has 0 saturated carbocycles. The van der Waals surface area contributed by atoms with Crippen LogP contribution in [0.1, 0.15) is 13.8 Å². The van der Waals surface area contributed by atoms with Gasteiger partial charge in [0.25, 0.3) is 0 Å². The molecule has 3 heteroatoms. The molecule has 0 amide bonds. The Balaban J connectivity index is 2.37. The summed E-state index contributed by atoms with van der Waals surface area (Å²) in [6.45, 7) is 3.97. The molecule has 2 rings (SSSR count). The predicted octanol–water partition coefficient (Wildman–Crippen LogP) is 2.35. The first-order chi connectivity index (χ1) is 6.25. The number of nitrogens with one attached hydrogen (secondary N) is 1. The number of fused-ring (bicyclic) bond motifs is 1. The van der Waals surface area contributed by atoms with Crippen LogP contribution in [0.25, 0.3) is 11.0 Å². The van der Waals surface area contributed by atoms with Crippen molar-refractivity contribution >= 4 is 11.0 Å². The van der Waals surface area contributed by atoms with Crippen LogP contribution < -0.4 is 4.74 Å². The number of aromatic nitrogens is 2. The minimum Gasteiger partial charge on any atom is -0.475 e. The number of hydrogen-bond donors (Lipinski definition) is 1. The van der Waals surface area contributed by atoms with Crippen LogP contribution in [0, 0.1) is 0 Å². The van der Waals surface area contributed by atoms with Crippen LogP contribution in [0.5, 0.6) is 5.88 Å². The fourth-order valence-electron chi connectivity index (χ4n) is 1.22. The molecule has 0 aromatic carbocycles. The van der Waals surface area contributed by atoms with E-state index in [1.807, 2.05) is 38.2 Å². The lowest BCUT2D eigenvalue weighted by Crippen LogP contribution is -2.06. The van der Waals surface area contributed by atoms with E-state index in [9.17, 15) is 0 Å². The van der Waals surface area contributed by atoms with Crippen LogP contribution in [0.4, 0.5) is 0 Å². The second-order valence-corrected chi connectivity index (χ2v) is 3.23. The summed E-state index contributed by atoms with van der Waals surface area (Å²) in [4.78, 5) is 7.34. The fourth-order valence-corrected chi connectivity index (χ4v) is 1.22. The number of ether oxygens (including phenoxy) is 1. The van der Waals surface area contributed by atoms with E-state index in [1.165, 1.54) is 0 Å². The highest BCUT2D eigenvalue weighted by molar-refractivity contribution is 5.75. The van der Waals surface area contributed by atoms with E-state index >= 15 is 0 Å². The Hall–Kier alpha value is -1.51. The standard InChI is InChI=1S/C10H12N2O/c1-7(2)13-9-4-3-8-5-6-11-10(8)12-9/h3-7H,1-2H3,(H,11,12). The molecule has 0 aliphatic heterocycles. The molecule has 68 valence electrons. The van der Waals surface area contributed by atoms with Crippen LogP contribution in [-0.2, 0) is 0 Å². The second kappa shape index (κ2) is 3.09. The third-order valence-electron chi connectivity index (χ3n) is 1.74. The molecular formula is C10H12N2O. The Morgan fingerprint density at radius 2 is 2.15 bits per heavy atom. The number of hydrogen-bond acceptors (Lipinski definition) is 2. The summed E-state index contributed by atoms with van der Waals surface area (Å²) in [7, 11) is 0. The second-order valence-electron chi connectivity index (χ2n) is 3.23. The van der Waals surface area contributed by atoms with Gasteiger partial charge in [0.1, 0.15) is 5.65 Å². The van der Waals surface area contributed by atoms with E-state index in [-0.39, 0.29) is 6.10 Å². The Morgan fingerprint density at radius 1 is 1.31 bits per heavy atom. The summed E-state index contributed by atoms with van der Waals surface area (Å²) < 4.78 is 5.46. The van der Waals surface area contributed by atoms with E-state index in [1.54, 1.807) is 0 Å². The van der Waals surface area contributed by atoms with E-state index < -0.39 is 0 Å². The first kappa shape index (κ1) is 8.10. The molecule has 1 N–H and O–H groups in total. The van der Waals surface area contributed by atoms with Crippen molar-refractivity contribution in [2.24, 2.45) is 0 Å². The highest BCUT2D eigenvalue weighted by Gasteiger charge is 2.00. The summed E-state index contributed by atoms with van der Waals surface area (Å²) >= 11 is 0. The quantitative estimate of drug-likeness (QED) is 0.762. The number of rotatable bonds is 2. The zero-order valence-corrected chi connectivity index (χ0v) is 7.74. The maximum atomic E-state index is 5.46. The molecule has 0 bridgehead atoms. The highest BCUT2D eigenvalue weighted by atomic mass is 16.5. The van der Waals surface area contributed by atoms with Gasteiger partial charge in [-0.1, -0.05) is 0 Å². The van der Waals surface area contributed by atoms with Gasteiger partial charge < -0.3 is 9.72 Å². The van der Waals surface area contributed by atoms with Crippen molar-refractivity contribution < 1.29 is 4.74 Å². The maximum Gasteiger partial charge on any atom is 0.215 e. The molecule has 2 aromatic heterocycles. The van der Waals surface area contributed by atoms with Crippen LogP contribution in [0.2, 0.25) is 0 Å². The number of aromatic amines is 1. The summed E-state index contributed by atoms with van der Waals surface area (Å²) in [6.07, 6.45) is 2.04.